The zero-order valence-corrected chi connectivity index (χ0v) is 14.0. The summed E-state index contributed by atoms with van der Waals surface area (Å²) in [6.07, 6.45) is 3.57. The molecule has 0 unspecified atom stereocenters. The van der Waals surface area contributed by atoms with Gasteiger partial charge in [-0.3, -0.25) is 0 Å². The first-order valence-corrected chi connectivity index (χ1v) is 8.08. The van der Waals surface area contributed by atoms with E-state index < -0.39 is 0 Å². The average molecular weight is 327 g/mol. The number of nitrogens with one attached hydrogen (secondary N) is 1. The summed E-state index contributed by atoms with van der Waals surface area (Å²) in [6, 6.07) is 7.66. The molecule has 0 atom stereocenters. The van der Waals surface area contributed by atoms with Crippen LogP contribution in [0.1, 0.15) is 19.4 Å². The molecule has 7 heteroatoms. The highest BCUT2D eigenvalue weighted by Crippen LogP contribution is 2.28. The minimum Gasteiger partial charge on any atom is -0.489 e. The molecule has 0 saturated carbocycles. The van der Waals surface area contributed by atoms with Crippen LogP contribution in [0.4, 0.5) is 10.9 Å². The number of hydrogen-bond donors (Lipinski definition) is 1. The smallest absolute Gasteiger partial charge is 0.211 e. The second-order valence-corrected chi connectivity index (χ2v) is 6.23. The maximum atomic E-state index is 5.59. The maximum absolute atomic E-state index is 5.59. The third-order valence-corrected chi connectivity index (χ3v) is 3.85. The Morgan fingerprint density at radius 2 is 2.00 bits per heavy atom. The van der Waals surface area contributed by atoms with Gasteiger partial charge in [0.05, 0.1) is 12.3 Å². The Morgan fingerprint density at radius 1 is 1.13 bits per heavy atom. The molecule has 0 aliphatic rings. The van der Waals surface area contributed by atoms with Gasteiger partial charge in [-0.25, -0.2) is 9.97 Å². The van der Waals surface area contributed by atoms with Crippen LogP contribution in [0.25, 0.3) is 10.7 Å². The summed E-state index contributed by atoms with van der Waals surface area (Å²) in [5.41, 5.74) is 1.82. The number of aromatic nitrogens is 4. The SMILES string of the molecule is Cc1cccnc1Nc1nnc(-c2ccc(OC(C)C)cn2)s1. The van der Waals surface area contributed by atoms with Crippen LogP contribution in [0.3, 0.4) is 0 Å². The van der Waals surface area contributed by atoms with Crippen molar-refractivity contribution in [2.75, 3.05) is 5.32 Å². The van der Waals surface area contributed by atoms with E-state index in [1.54, 1.807) is 12.4 Å². The molecular formula is C16H17N5OS. The lowest BCUT2D eigenvalue weighted by atomic mass is 10.3. The van der Waals surface area contributed by atoms with Gasteiger partial charge in [-0.1, -0.05) is 17.4 Å². The molecule has 3 aromatic heterocycles. The third-order valence-electron chi connectivity index (χ3n) is 2.99. The number of aryl methyl sites for hydroxylation is 1. The lowest BCUT2D eigenvalue weighted by molar-refractivity contribution is 0.241. The molecule has 1 N–H and O–H groups in total. The van der Waals surface area contributed by atoms with Crippen LogP contribution in [0, 0.1) is 6.92 Å². The predicted octanol–water partition coefficient (Wildman–Crippen LogP) is 3.83. The van der Waals surface area contributed by atoms with E-state index in [1.165, 1.54) is 11.3 Å². The van der Waals surface area contributed by atoms with Gasteiger partial charge in [-0.05, 0) is 44.5 Å². The number of nitrogens with zero attached hydrogens (tertiary/aromatic N) is 4. The van der Waals surface area contributed by atoms with Crippen LogP contribution in [0.15, 0.2) is 36.7 Å². The molecule has 23 heavy (non-hydrogen) atoms. The van der Waals surface area contributed by atoms with Gasteiger partial charge < -0.3 is 10.1 Å². The molecule has 0 spiro atoms. The molecule has 118 valence electrons. The number of pyridine rings is 2. The van der Waals surface area contributed by atoms with E-state index in [9.17, 15) is 0 Å². The Balaban J connectivity index is 1.75. The fourth-order valence-corrected chi connectivity index (χ4v) is 2.66. The van der Waals surface area contributed by atoms with E-state index in [0.29, 0.717) is 5.13 Å². The minimum atomic E-state index is 0.126. The van der Waals surface area contributed by atoms with Crippen molar-refractivity contribution in [1.29, 1.82) is 0 Å². The number of ether oxygens (including phenoxy) is 1. The zero-order chi connectivity index (χ0) is 16.2. The largest absolute Gasteiger partial charge is 0.489 e. The molecule has 6 nitrogen and oxygen atoms in total. The summed E-state index contributed by atoms with van der Waals surface area (Å²) in [5, 5.41) is 12.9. The van der Waals surface area contributed by atoms with Crippen molar-refractivity contribution < 1.29 is 4.74 Å². The van der Waals surface area contributed by atoms with Crippen LogP contribution in [-0.4, -0.2) is 26.3 Å². The quantitative estimate of drug-likeness (QED) is 0.767. The second kappa shape index (κ2) is 6.70. The minimum absolute atomic E-state index is 0.126. The van der Waals surface area contributed by atoms with Crippen molar-refractivity contribution in [3.63, 3.8) is 0 Å². The maximum Gasteiger partial charge on any atom is 0.211 e. The predicted molar refractivity (Wildman–Crippen MR) is 91.2 cm³/mol. The molecule has 3 heterocycles. The summed E-state index contributed by atoms with van der Waals surface area (Å²) in [7, 11) is 0. The Morgan fingerprint density at radius 3 is 2.70 bits per heavy atom. The Bertz CT molecular complexity index is 785. The van der Waals surface area contributed by atoms with Crippen molar-refractivity contribution in [3.8, 4) is 16.5 Å². The molecule has 0 radical (unpaired) electrons. The fourth-order valence-electron chi connectivity index (χ4n) is 1.94. The lowest BCUT2D eigenvalue weighted by Crippen LogP contribution is -2.05. The Kier molecular flexibility index (Phi) is 4.47. The van der Waals surface area contributed by atoms with Crippen molar-refractivity contribution in [2.24, 2.45) is 0 Å². The molecular weight excluding hydrogens is 310 g/mol. The summed E-state index contributed by atoms with van der Waals surface area (Å²) in [6.45, 7) is 5.96. The topological polar surface area (TPSA) is 72.8 Å². The molecule has 0 aliphatic heterocycles. The average Bonchev–Trinajstić information content (AvgIpc) is 2.98. The summed E-state index contributed by atoms with van der Waals surface area (Å²) in [5.74, 6) is 1.53. The van der Waals surface area contributed by atoms with Crippen LogP contribution >= 0.6 is 11.3 Å². The van der Waals surface area contributed by atoms with Gasteiger partial charge in [-0.15, -0.1) is 10.2 Å². The lowest BCUT2D eigenvalue weighted by Gasteiger charge is -2.08. The molecule has 3 rings (SSSR count). The molecule has 0 amide bonds. The molecule has 0 fully saturated rings. The van der Waals surface area contributed by atoms with E-state index in [-0.39, 0.29) is 6.10 Å². The summed E-state index contributed by atoms with van der Waals surface area (Å²) >= 11 is 1.43. The van der Waals surface area contributed by atoms with Crippen molar-refractivity contribution >= 4 is 22.3 Å². The van der Waals surface area contributed by atoms with Gasteiger partial charge in [-0.2, -0.15) is 0 Å². The fraction of sp³-hybridized carbons (Fsp3) is 0.250. The van der Waals surface area contributed by atoms with Gasteiger partial charge >= 0.3 is 0 Å². The number of rotatable bonds is 5. The van der Waals surface area contributed by atoms with Gasteiger partial charge in [0, 0.05) is 6.20 Å². The first-order chi connectivity index (χ1) is 11.1. The monoisotopic (exact) mass is 327 g/mol. The number of anilines is 2. The third kappa shape index (κ3) is 3.81. The highest BCUT2D eigenvalue weighted by molar-refractivity contribution is 7.18. The standard InChI is InChI=1S/C16H17N5OS/c1-10(2)22-12-6-7-13(18-9-12)15-20-21-16(23-15)19-14-11(3)5-4-8-17-14/h4-10H,1-3H3,(H,17,19,21). The van der Waals surface area contributed by atoms with Crippen LogP contribution in [0.2, 0.25) is 0 Å². The Hall–Kier alpha value is -2.54. The van der Waals surface area contributed by atoms with Gasteiger partial charge in [0.2, 0.25) is 5.13 Å². The van der Waals surface area contributed by atoms with Crippen molar-refractivity contribution in [3.05, 3.63) is 42.2 Å². The van der Waals surface area contributed by atoms with E-state index in [0.717, 1.165) is 27.8 Å². The highest BCUT2D eigenvalue weighted by Gasteiger charge is 2.10. The van der Waals surface area contributed by atoms with Crippen LogP contribution < -0.4 is 10.1 Å². The van der Waals surface area contributed by atoms with Crippen molar-refractivity contribution in [2.45, 2.75) is 26.9 Å². The first kappa shape index (κ1) is 15.4. The zero-order valence-electron chi connectivity index (χ0n) is 13.1. The van der Waals surface area contributed by atoms with E-state index in [4.69, 9.17) is 4.74 Å². The molecule has 3 aromatic rings. The molecule has 0 bridgehead atoms. The second-order valence-electron chi connectivity index (χ2n) is 5.25. The van der Waals surface area contributed by atoms with Crippen LogP contribution in [-0.2, 0) is 0 Å². The normalized spacial score (nSPS) is 10.8. The van der Waals surface area contributed by atoms with Gasteiger partial charge in [0.25, 0.3) is 0 Å². The summed E-state index contributed by atoms with van der Waals surface area (Å²) < 4.78 is 5.59. The van der Waals surface area contributed by atoms with Crippen LogP contribution in [0.5, 0.6) is 5.75 Å². The van der Waals surface area contributed by atoms with Gasteiger partial charge in [0.15, 0.2) is 5.01 Å². The first-order valence-electron chi connectivity index (χ1n) is 7.27. The molecule has 0 aromatic carbocycles. The summed E-state index contributed by atoms with van der Waals surface area (Å²) in [4.78, 5) is 8.67. The van der Waals surface area contributed by atoms with E-state index in [1.807, 2.05) is 45.0 Å². The molecule has 0 aliphatic carbocycles. The van der Waals surface area contributed by atoms with E-state index >= 15 is 0 Å². The Labute approximate surface area is 138 Å². The number of hydrogen-bond acceptors (Lipinski definition) is 7. The van der Waals surface area contributed by atoms with E-state index in [2.05, 4.69) is 25.5 Å². The molecule has 0 saturated heterocycles. The van der Waals surface area contributed by atoms with Gasteiger partial charge in [0.1, 0.15) is 17.3 Å². The van der Waals surface area contributed by atoms with Crippen molar-refractivity contribution in [1.82, 2.24) is 20.2 Å². The highest BCUT2D eigenvalue weighted by atomic mass is 32.1.